The average molecular weight is 394 g/mol. The Morgan fingerprint density at radius 3 is 2.54 bits per heavy atom. The molecule has 0 radical (unpaired) electrons. The summed E-state index contributed by atoms with van der Waals surface area (Å²) in [6.07, 6.45) is -3.16. The zero-order valence-electron chi connectivity index (χ0n) is 15.6. The van der Waals surface area contributed by atoms with Gasteiger partial charge in [-0.1, -0.05) is 6.92 Å². The van der Waals surface area contributed by atoms with Crippen molar-refractivity contribution in [1.82, 2.24) is 0 Å². The van der Waals surface area contributed by atoms with E-state index >= 15 is 0 Å². The van der Waals surface area contributed by atoms with Gasteiger partial charge in [-0.3, -0.25) is 4.79 Å². The van der Waals surface area contributed by atoms with Crippen molar-refractivity contribution in [2.45, 2.75) is 68.6 Å². The minimum absolute atomic E-state index is 0.407. The van der Waals surface area contributed by atoms with Crippen molar-refractivity contribution in [2.24, 2.45) is 16.7 Å². The average Bonchev–Trinajstić information content (AvgIpc) is 3.54. The van der Waals surface area contributed by atoms with Crippen LogP contribution in [-0.2, 0) is 28.5 Å². The van der Waals surface area contributed by atoms with Gasteiger partial charge in [-0.15, -0.1) is 0 Å². The van der Waals surface area contributed by atoms with Gasteiger partial charge < -0.3 is 34.3 Å². The number of epoxide rings is 2. The second-order valence-electron chi connectivity index (χ2n) is 9.60. The summed E-state index contributed by atoms with van der Waals surface area (Å²) in [6, 6.07) is 0. The SMILES string of the molecule is C[C@@]12C3=CC(=O)O[C@H]([C@@](C)(O)CO)[C@]34O[C@@H]4[C@H]3OC(=O)[C@](C)([C@H]31)[C@H]1O[C@H]1[C@@H]2O. The summed E-state index contributed by atoms with van der Waals surface area (Å²) in [4.78, 5) is 25.3. The van der Waals surface area contributed by atoms with E-state index in [0.717, 1.165) is 0 Å². The highest BCUT2D eigenvalue weighted by Gasteiger charge is 2.89. The van der Waals surface area contributed by atoms with Gasteiger partial charge in [0.15, 0.2) is 11.7 Å². The van der Waals surface area contributed by atoms with Crippen LogP contribution in [0.5, 0.6) is 0 Å². The van der Waals surface area contributed by atoms with Crippen LogP contribution < -0.4 is 0 Å². The Balaban J connectivity index is 1.59. The predicted octanol–water partition coefficient (Wildman–Crippen LogP) is -1.57. The van der Waals surface area contributed by atoms with Crippen LogP contribution in [0.2, 0.25) is 0 Å². The van der Waals surface area contributed by atoms with Crippen LogP contribution in [0.3, 0.4) is 0 Å². The van der Waals surface area contributed by atoms with Crippen molar-refractivity contribution in [3.05, 3.63) is 11.6 Å². The molecule has 0 unspecified atom stereocenters. The number of cyclic esters (lactones) is 1. The second-order valence-corrected chi connectivity index (χ2v) is 9.60. The molecular formula is C19H22O9. The lowest BCUT2D eigenvalue weighted by molar-refractivity contribution is -0.180. The largest absolute Gasteiger partial charge is 0.459 e. The first-order valence-corrected chi connectivity index (χ1v) is 9.53. The van der Waals surface area contributed by atoms with Crippen molar-refractivity contribution in [2.75, 3.05) is 6.61 Å². The molecule has 0 bridgehead atoms. The fourth-order valence-electron chi connectivity index (χ4n) is 6.75. The first-order valence-electron chi connectivity index (χ1n) is 9.53. The van der Waals surface area contributed by atoms with Gasteiger partial charge in [0.25, 0.3) is 0 Å². The summed E-state index contributed by atoms with van der Waals surface area (Å²) < 4.78 is 22.9. The number of aliphatic hydroxyl groups is 3. The van der Waals surface area contributed by atoms with Crippen LogP contribution in [0.1, 0.15) is 20.8 Å². The van der Waals surface area contributed by atoms with E-state index in [2.05, 4.69) is 0 Å². The second kappa shape index (κ2) is 4.46. The molecule has 3 saturated heterocycles. The number of hydrogen-bond acceptors (Lipinski definition) is 9. The molecule has 0 aromatic rings. The van der Waals surface area contributed by atoms with Gasteiger partial charge in [-0.2, -0.15) is 0 Å². The monoisotopic (exact) mass is 394 g/mol. The minimum Gasteiger partial charge on any atom is -0.459 e. The van der Waals surface area contributed by atoms with Crippen LogP contribution in [-0.4, -0.2) is 81.7 Å². The Kier molecular flexibility index (Phi) is 2.77. The van der Waals surface area contributed by atoms with Crippen molar-refractivity contribution in [3.63, 3.8) is 0 Å². The van der Waals surface area contributed by atoms with Crippen molar-refractivity contribution in [3.8, 4) is 0 Å². The number of aliphatic hydroxyl groups excluding tert-OH is 2. The van der Waals surface area contributed by atoms with E-state index in [1.54, 1.807) is 13.8 Å². The third kappa shape index (κ3) is 1.51. The standard InChI is InChI=1S/C19H22O9/c1-16(24,5-20)14-19-6(4-7(21)25-14)17(2)10-8(13(19)28-19)27-15(23)18(10,3)12-9(26-12)11(17)22/h4,8-14,20,22,24H,5H2,1-3H3/t8-,9-,10+,11-,12-,13+,14+,16-,17+,18+,19-/m0/s1. The van der Waals surface area contributed by atoms with Gasteiger partial charge in [0.1, 0.15) is 35.4 Å². The quantitative estimate of drug-likeness (QED) is 0.374. The topological polar surface area (TPSA) is 138 Å². The Morgan fingerprint density at radius 2 is 1.86 bits per heavy atom. The van der Waals surface area contributed by atoms with Gasteiger partial charge in [0.2, 0.25) is 0 Å². The summed E-state index contributed by atoms with van der Waals surface area (Å²) in [5, 5.41) is 31.6. The maximum Gasteiger partial charge on any atom is 0.331 e. The van der Waals surface area contributed by atoms with Crippen LogP contribution in [0.15, 0.2) is 11.6 Å². The number of hydrogen-bond donors (Lipinski definition) is 3. The molecular weight excluding hydrogens is 372 g/mol. The summed E-state index contributed by atoms with van der Waals surface area (Å²) in [5.74, 6) is -1.55. The first kappa shape index (κ1) is 17.3. The van der Waals surface area contributed by atoms with E-state index in [1.807, 2.05) is 0 Å². The van der Waals surface area contributed by atoms with Crippen LogP contribution in [0.25, 0.3) is 0 Å². The van der Waals surface area contributed by atoms with Gasteiger partial charge in [-0.25, -0.2) is 4.79 Å². The smallest absolute Gasteiger partial charge is 0.331 e. The normalized spacial score (nSPS) is 59.5. The molecule has 9 nitrogen and oxygen atoms in total. The molecule has 0 amide bonds. The minimum atomic E-state index is -1.78. The Morgan fingerprint density at radius 1 is 1.14 bits per heavy atom. The predicted molar refractivity (Wildman–Crippen MR) is 87.5 cm³/mol. The maximum absolute atomic E-state index is 12.9. The molecule has 1 spiro atoms. The number of ether oxygens (including phenoxy) is 4. The third-order valence-corrected chi connectivity index (χ3v) is 8.10. The highest BCUT2D eigenvalue weighted by atomic mass is 16.7. The molecule has 28 heavy (non-hydrogen) atoms. The molecule has 11 atom stereocenters. The highest BCUT2D eigenvalue weighted by molar-refractivity contribution is 5.88. The molecule has 3 N–H and O–H groups in total. The maximum atomic E-state index is 12.9. The van der Waals surface area contributed by atoms with E-state index in [-0.39, 0.29) is 0 Å². The van der Waals surface area contributed by atoms with E-state index in [0.29, 0.717) is 5.57 Å². The molecule has 6 aliphatic rings. The van der Waals surface area contributed by atoms with Gasteiger partial charge in [-0.05, 0) is 19.4 Å². The number of carbonyl (C=O) groups excluding carboxylic acids is 2. The number of fused-ring (bicyclic) bond motifs is 4. The Labute approximate surface area is 160 Å². The van der Waals surface area contributed by atoms with Crippen molar-refractivity contribution >= 4 is 11.9 Å². The molecule has 0 aromatic carbocycles. The molecule has 5 fully saturated rings. The lowest BCUT2D eigenvalue weighted by atomic mass is 9.46. The molecule has 4 aliphatic heterocycles. The Bertz CT molecular complexity index is 865. The summed E-state index contributed by atoms with van der Waals surface area (Å²) >= 11 is 0. The molecule has 0 aromatic heterocycles. The van der Waals surface area contributed by atoms with E-state index < -0.39 is 83.1 Å². The zero-order valence-corrected chi connectivity index (χ0v) is 15.6. The lowest BCUT2D eigenvalue weighted by Crippen LogP contribution is -2.68. The summed E-state index contributed by atoms with van der Waals surface area (Å²) in [7, 11) is 0. The van der Waals surface area contributed by atoms with Crippen molar-refractivity contribution < 1.29 is 43.9 Å². The number of esters is 2. The van der Waals surface area contributed by atoms with Gasteiger partial charge in [0.05, 0.1) is 12.7 Å². The van der Waals surface area contributed by atoms with Crippen LogP contribution in [0.4, 0.5) is 0 Å². The first-order chi connectivity index (χ1) is 13.0. The van der Waals surface area contributed by atoms with Crippen molar-refractivity contribution in [1.29, 1.82) is 0 Å². The van der Waals surface area contributed by atoms with E-state index in [1.165, 1.54) is 13.0 Å². The molecule has 4 heterocycles. The summed E-state index contributed by atoms with van der Waals surface area (Å²) in [5.41, 5.74) is -4.58. The summed E-state index contributed by atoms with van der Waals surface area (Å²) in [6.45, 7) is 4.28. The van der Waals surface area contributed by atoms with E-state index in [9.17, 15) is 24.9 Å². The van der Waals surface area contributed by atoms with Crippen LogP contribution in [0, 0.1) is 16.7 Å². The number of carbonyl (C=O) groups is 2. The molecule has 2 aliphatic carbocycles. The van der Waals surface area contributed by atoms with Gasteiger partial charge in [0, 0.05) is 17.4 Å². The molecule has 152 valence electrons. The zero-order chi connectivity index (χ0) is 20.0. The molecule has 9 heteroatoms. The number of rotatable bonds is 2. The lowest BCUT2D eigenvalue weighted by Gasteiger charge is -2.55. The van der Waals surface area contributed by atoms with E-state index in [4.69, 9.17) is 18.9 Å². The molecule has 6 rings (SSSR count). The van der Waals surface area contributed by atoms with Crippen LogP contribution >= 0.6 is 0 Å². The van der Waals surface area contributed by atoms with Gasteiger partial charge >= 0.3 is 11.9 Å². The molecule has 2 saturated carbocycles. The fourth-order valence-corrected chi connectivity index (χ4v) is 6.75. The fraction of sp³-hybridized carbons (Fsp3) is 0.789. The third-order valence-electron chi connectivity index (χ3n) is 8.10. The highest BCUT2D eigenvalue weighted by Crippen LogP contribution is 2.75. The Hall–Kier alpha value is -1.52.